The van der Waals surface area contributed by atoms with Crippen molar-refractivity contribution in [1.29, 1.82) is 0 Å². The summed E-state index contributed by atoms with van der Waals surface area (Å²) in [5.74, 6) is -0.149. The van der Waals surface area contributed by atoms with Crippen LogP contribution in [0.4, 0.5) is 5.69 Å². The summed E-state index contributed by atoms with van der Waals surface area (Å²) in [7, 11) is -3.52. The van der Waals surface area contributed by atoms with E-state index >= 15 is 0 Å². The molecule has 0 fully saturated rings. The van der Waals surface area contributed by atoms with Gasteiger partial charge in [-0.25, -0.2) is 8.42 Å². The highest BCUT2D eigenvalue weighted by atomic mass is 79.9. The molecule has 20 heavy (non-hydrogen) atoms. The SMILES string of the molecule is O=[N+]([O-])c1ccc(S(=O)(=O)Cc2cccc(Br)c2)cc1. The predicted molar refractivity (Wildman–Crippen MR) is 78.1 cm³/mol. The van der Waals surface area contributed by atoms with Gasteiger partial charge in [-0.3, -0.25) is 10.1 Å². The number of nitro groups is 1. The van der Waals surface area contributed by atoms with E-state index in [1.165, 1.54) is 24.3 Å². The molecule has 0 unspecified atom stereocenters. The zero-order chi connectivity index (χ0) is 14.8. The van der Waals surface area contributed by atoms with Gasteiger partial charge in [-0.05, 0) is 29.8 Å². The van der Waals surface area contributed by atoms with Crippen LogP contribution in [-0.4, -0.2) is 13.3 Å². The van der Waals surface area contributed by atoms with E-state index < -0.39 is 14.8 Å². The van der Waals surface area contributed by atoms with Crippen LogP contribution in [0.5, 0.6) is 0 Å². The largest absolute Gasteiger partial charge is 0.269 e. The number of hydrogen-bond acceptors (Lipinski definition) is 4. The summed E-state index contributed by atoms with van der Waals surface area (Å²) >= 11 is 3.28. The van der Waals surface area contributed by atoms with E-state index in [0.717, 1.165) is 4.47 Å². The molecule has 0 saturated carbocycles. The van der Waals surface area contributed by atoms with Gasteiger partial charge in [-0.15, -0.1) is 0 Å². The van der Waals surface area contributed by atoms with Gasteiger partial charge in [0.15, 0.2) is 9.84 Å². The molecule has 2 aromatic carbocycles. The van der Waals surface area contributed by atoms with Crippen LogP contribution in [0.15, 0.2) is 57.9 Å². The Morgan fingerprint density at radius 3 is 2.30 bits per heavy atom. The quantitative estimate of drug-likeness (QED) is 0.622. The van der Waals surface area contributed by atoms with Crippen LogP contribution in [0, 0.1) is 10.1 Å². The van der Waals surface area contributed by atoms with Crippen molar-refractivity contribution in [2.24, 2.45) is 0 Å². The molecule has 5 nitrogen and oxygen atoms in total. The van der Waals surface area contributed by atoms with Crippen LogP contribution in [-0.2, 0) is 15.6 Å². The average molecular weight is 356 g/mol. The Balaban J connectivity index is 2.28. The van der Waals surface area contributed by atoms with Crippen molar-refractivity contribution in [3.63, 3.8) is 0 Å². The second kappa shape index (κ2) is 5.72. The lowest BCUT2D eigenvalue weighted by atomic mass is 10.2. The number of nitro benzene ring substituents is 1. The summed E-state index contributed by atoms with van der Waals surface area (Å²) in [5, 5.41) is 10.5. The number of hydrogen-bond donors (Lipinski definition) is 0. The Hall–Kier alpha value is -1.73. The van der Waals surface area contributed by atoms with Crippen molar-refractivity contribution in [2.75, 3.05) is 0 Å². The van der Waals surface area contributed by atoms with Gasteiger partial charge in [-0.1, -0.05) is 28.1 Å². The first kappa shape index (κ1) is 14.7. The maximum absolute atomic E-state index is 12.2. The summed E-state index contributed by atoms with van der Waals surface area (Å²) < 4.78 is 25.2. The summed E-state index contributed by atoms with van der Waals surface area (Å²) in [6, 6.07) is 11.9. The van der Waals surface area contributed by atoms with Crippen LogP contribution < -0.4 is 0 Å². The third kappa shape index (κ3) is 3.43. The first-order valence-corrected chi connectivity index (χ1v) is 8.05. The van der Waals surface area contributed by atoms with E-state index in [2.05, 4.69) is 15.9 Å². The molecule has 0 heterocycles. The van der Waals surface area contributed by atoms with Gasteiger partial charge < -0.3 is 0 Å². The molecule has 0 aliphatic carbocycles. The Morgan fingerprint density at radius 2 is 1.75 bits per heavy atom. The van der Waals surface area contributed by atoms with E-state index in [1.54, 1.807) is 18.2 Å². The van der Waals surface area contributed by atoms with E-state index in [0.29, 0.717) is 5.56 Å². The third-order valence-corrected chi connectivity index (χ3v) is 4.85. The monoisotopic (exact) mass is 355 g/mol. The minimum atomic E-state index is -3.52. The zero-order valence-electron chi connectivity index (χ0n) is 10.2. The molecule has 0 atom stereocenters. The Kier molecular flexibility index (Phi) is 4.20. The fourth-order valence-corrected chi connectivity index (χ4v) is 3.49. The fraction of sp³-hybridized carbons (Fsp3) is 0.0769. The van der Waals surface area contributed by atoms with E-state index in [-0.39, 0.29) is 16.3 Å². The molecule has 0 aromatic heterocycles. The van der Waals surface area contributed by atoms with Crippen molar-refractivity contribution in [1.82, 2.24) is 0 Å². The van der Waals surface area contributed by atoms with Crippen molar-refractivity contribution in [2.45, 2.75) is 10.6 Å². The summed E-state index contributed by atoms with van der Waals surface area (Å²) in [6.07, 6.45) is 0. The molecule has 7 heteroatoms. The standard InChI is InChI=1S/C13H10BrNO4S/c14-11-3-1-2-10(8-11)9-20(18,19)13-6-4-12(5-7-13)15(16)17/h1-8H,9H2. The lowest BCUT2D eigenvalue weighted by Gasteiger charge is -2.05. The van der Waals surface area contributed by atoms with Crippen molar-refractivity contribution in [3.05, 3.63) is 68.7 Å². The lowest BCUT2D eigenvalue weighted by Crippen LogP contribution is -2.05. The molecule has 0 saturated heterocycles. The van der Waals surface area contributed by atoms with Gasteiger partial charge >= 0.3 is 0 Å². The molecule has 0 radical (unpaired) electrons. The molecule has 0 spiro atoms. The van der Waals surface area contributed by atoms with Gasteiger partial charge in [0, 0.05) is 16.6 Å². The number of non-ortho nitro benzene ring substituents is 1. The molecular weight excluding hydrogens is 346 g/mol. The smallest absolute Gasteiger partial charge is 0.258 e. The molecular formula is C13H10BrNO4S. The van der Waals surface area contributed by atoms with Crippen molar-refractivity contribution < 1.29 is 13.3 Å². The van der Waals surface area contributed by atoms with Crippen LogP contribution in [0.1, 0.15) is 5.56 Å². The Bertz CT molecular complexity index is 741. The van der Waals surface area contributed by atoms with Gasteiger partial charge in [0.2, 0.25) is 0 Å². The number of benzene rings is 2. The number of rotatable bonds is 4. The Labute approximate surface area is 124 Å². The number of nitrogens with zero attached hydrogens (tertiary/aromatic N) is 1. The first-order valence-electron chi connectivity index (χ1n) is 5.60. The summed E-state index contributed by atoms with van der Waals surface area (Å²) in [5.41, 5.74) is 0.518. The van der Waals surface area contributed by atoms with Crippen LogP contribution in [0.25, 0.3) is 0 Å². The maximum atomic E-state index is 12.2. The molecule has 0 aliphatic heterocycles. The minimum Gasteiger partial charge on any atom is -0.258 e. The third-order valence-electron chi connectivity index (χ3n) is 2.65. The second-order valence-corrected chi connectivity index (χ2v) is 7.05. The number of halogens is 1. The average Bonchev–Trinajstić information content (AvgIpc) is 2.38. The van der Waals surface area contributed by atoms with Crippen LogP contribution >= 0.6 is 15.9 Å². The highest BCUT2D eigenvalue weighted by Gasteiger charge is 2.17. The van der Waals surface area contributed by atoms with Crippen LogP contribution in [0.2, 0.25) is 0 Å². The second-order valence-electron chi connectivity index (χ2n) is 4.14. The number of sulfone groups is 1. The minimum absolute atomic E-state index is 0.0723. The summed E-state index contributed by atoms with van der Waals surface area (Å²) in [6.45, 7) is 0. The van der Waals surface area contributed by atoms with Gasteiger partial charge in [0.25, 0.3) is 5.69 Å². The van der Waals surface area contributed by atoms with Gasteiger partial charge in [0.05, 0.1) is 15.6 Å². The first-order chi connectivity index (χ1) is 9.38. The molecule has 0 amide bonds. The Morgan fingerprint density at radius 1 is 1.10 bits per heavy atom. The highest BCUT2D eigenvalue weighted by Crippen LogP contribution is 2.21. The van der Waals surface area contributed by atoms with Crippen molar-refractivity contribution >= 4 is 31.5 Å². The van der Waals surface area contributed by atoms with Gasteiger partial charge in [0.1, 0.15) is 0 Å². The summed E-state index contributed by atoms with van der Waals surface area (Å²) in [4.78, 5) is 10.0. The molecule has 2 aromatic rings. The van der Waals surface area contributed by atoms with E-state index in [4.69, 9.17) is 0 Å². The van der Waals surface area contributed by atoms with Crippen LogP contribution in [0.3, 0.4) is 0 Å². The van der Waals surface area contributed by atoms with E-state index in [1.807, 2.05) is 6.07 Å². The predicted octanol–water partition coefficient (Wildman–Crippen LogP) is 3.33. The molecule has 0 bridgehead atoms. The fourth-order valence-electron chi connectivity index (χ4n) is 1.70. The molecule has 0 N–H and O–H groups in total. The van der Waals surface area contributed by atoms with E-state index in [9.17, 15) is 18.5 Å². The molecule has 104 valence electrons. The highest BCUT2D eigenvalue weighted by molar-refractivity contribution is 9.10. The topological polar surface area (TPSA) is 77.3 Å². The molecule has 2 rings (SSSR count). The zero-order valence-corrected chi connectivity index (χ0v) is 12.6. The maximum Gasteiger partial charge on any atom is 0.269 e. The molecule has 0 aliphatic rings. The normalized spacial score (nSPS) is 11.2. The van der Waals surface area contributed by atoms with Crippen molar-refractivity contribution in [3.8, 4) is 0 Å². The lowest BCUT2D eigenvalue weighted by molar-refractivity contribution is -0.384. The van der Waals surface area contributed by atoms with Gasteiger partial charge in [-0.2, -0.15) is 0 Å².